The minimum Gasteiger partial charge on any atom is -0.469 e. The summed E-state index contributed by atoms with van der Waals surface area (Å²) in [6.45, 7) is 2.69. The molecule has 112 valence electrons. The molecule has 1 aromatic carbocycles. The lowest BCUT2D eigenvalue weighted by atomic mass is 10.2. The lowest BCUT2D eigenvalue weighted by molar-refractivity contribution is -0.140. The van der Waals surface area contributed by atoms with Crippen LogP contribution >= 0.6 is 11.8 Å². The molecule has 1 aromatic rings. The molecule has 0 N–H and O–H groups in total. The van der Waals surface area contributed by atoms with Gasteiger partial charge in [0.25, 0.3) is 5.91 Å². The van der Waals surface area contributed by atoms with E-state index >= 15 is 0 Å². The summed E-state index contributed by atoms with van der Waals surface area (Å²) in [4.78, 5) is 26.1. The van der Waals surface area contributed by atoms with E-state index in [-0.39, 0.29) is 18.3 Å². The van der Waals surface area contributed by atoms with E-state index in [4.69, 9.17) is 5.26 Å². The van der Waals surface area contributed by atoms with Gasteiger partial charge in [-0.2, -0.15) is 5.26 Å². The molecule has 0 spiro atoms. The first kappa shape index (κ1) is 17.1. The van der Waals surface area contributed by atoms with Crippen LogP contribution < -0.4 is 0 Å². The van der Waals surface area contributed by atoms with Crippen molar-refractivity contribution in [3.05, 3.63) is 29.8 Å². The van der Waals surface area contributed by atoms with Gasteiger partial charge in [0.2, 0.25) is 0 Å². The summed E-state index contributed by atoms with van der Waals surface area (Å²) in [6, 6.07) is 9.24. The Morgan fingerprint density at radius 1 is 1.38 bits per heavy atom. The molecule has 21 heavy (non-hydrogen) atoms. The minimum absolute atomic E-state index is 0.137. The van der Waals surface area contributed by atoms with Crippen LogP contribution in [0.3, 0.4) is 0 Å². The van der Waals surface area contributed by atoms with Crippen LogP contribution in [-0.2, 0) is 9.53 Å². The molecule has 0 heterocycles. The van der Waals surface area contributed by atoms with Gasteiger partial charge in [-0.3, -0.25) is 9.59 Å². The van der Waals surface area contributed by atoms with Gasteiger partial charge in [0.15, 0.2) is 0 Å². The number of esters is 1. The molecule has 0 aliphatic heterocycles. The fourth-order valence-electron chi connectivity index (χ4n) is 1.78. The Bertz CT molecular complexity index is 540. The number of rotatable bonds is 7. The highest BCUT2D eigenvalue weighted by Crippen LogP contribution is 2.23. The third kappa shape index (κ3) is 5.12. The Balaban J connectivity index is 2.84. The molecule has 0 bridgehead atoms. The summed E-state index contributed by atoms with van der Waals surface area (Å²) in [7, 11) is 1.33. The van der Waals surface area contributed by atoms with E-state index in [0.717, 1.165) is 4.90 Å². The van der Waals surface area contributed by atoms with Gasteiger partial charge in [0.1, 0.15) is 0 Å². The Morgan fingerprint density at radius 3 is 2.71 bits per heavy atom. The molecule has 1 rings (SSSR count). The number of hydrogen-bond acceptors (Lipinski definition) is 5. The molecular formula is C15H18N2O3S. The number of carbonyl (C=O) groups is 2. The van der Waals surface area contributed by atoms with Gasteiger partial charge < -0.3 is 9.64 Å². The Morgan fingerprint density at radius 2 is 2.10 bits per heavy atom. The second-order valence-electron chi connectivity index (χ2n) is 4.15. The zero-order chi connectivity index (χ0) is 15.7. The average molecular weight is 306 g/mol. The monoisotopic (exact) mass is 306 g/mol. The summed E-state index contributed by atoms with van der Waals surface area (Å²) in [6.07, 6.45) is 0.170. The van der Waals surface area contributed by atoms with Crippen molar-refractivity contribution in [3.8, 4) is 6.07 Å². The molecule has 0 saturated carbocycles. The SMILES string of the molecule is CCN(CCC(=O)OC)C(=O)c1ccccc1SCC#N. The van der Waals surface area contributed by atoms with E-state index in [2.05, 4.69) is 10.8 Å². The van der Waals surface area contributed by atoms with Gasteiger partial charge in [-0.15, -0.1) is 11.8 Å². The number of methoxy groups -OCH3 is 1. The number of benzene rings is 1. The molecule has 5 nitrogen and oxygen atoms in total. The normalized spacial score (nSPS) is 9.76. The first-order valence-electron chi connectivity index (χ1n) is 6.58. The molecular weight excluding hydrogens is 288 g/mol. The number of ether oxygens (including phenoxy) is 1. The second-order valence-corrected chi connectivity index (χ2v) is 5.17. The molecule has 0 saturated heterocycles. The van der Waals surface area contributed by atoms with Crippen molar-refractivity contribution in [2.24, 2.45) is 0 Å². The first-order valence-corrected chi connectivity index (χ1v) is 7.57. The van der Waals surface area contributed by atoms with Crippen LogP contribution in [0.15, 0.2) is 29.2 Å². The van der Waals surface area contributed by atoms with Crippen LogP contribution in [0.5, 0.6) is 0 Å². The van der Waals surface area contributed by atoms with Crippen LogP contribution in [0, 0.1) is 11.3 Å². The topological polar surface area (TPSA) is 70.4 Å². The van der Waals surface area contributed by atoms with E-state index in [1.165, 1.54) is 18.9 Å². The minimum atomic E-state index is -0.339. The van der Waals surface area contributed by atoms with E-state index in [9.17, 15) is 9.59 Å². The van der Waals surface area contributed by atoms with Crippen LogP contribution in [0.2, 0.25) is 0 Å². The first-order chi connectivity index (χ1) is 10.1. The van der Waals surface area contributed by atoms with Crippen molar-refractivity contribution in [1.29, 1.82) is 5.26 Å². The van der Waals surface area contributed by atoms with Crippen molar-refractivity contribution in [2.75, 3.05) is 26.0 Å². The zero-order valence-electron chi connectivity index (χ0n) is 12.2. The summed E-state index contributed by atoms with van der Waals surface area (Å²) in [5.74, 6) is -0.186. The van der Waals surface area contributed by atoms with Gasteiger partial charge in [-0.1, -0.05) is 12.1 Å². The van der Waals surface area contributed by atoms with Crippen LogP contribution in [0.4, 0.5) is 0 Å². The number of carbonyl (C=O) groups excluding carboxylic acids is 2. The molecule has 6 heteroatoms. The number of hydrogen-bond donors (Lipinski definition) is 0. The molecule has 0 fully saturated rings. The Labute approximate surface area is 128 Å². The molecule has 0 aromatic heterocycles. The molecule has 0 radical (unpaired) electrons. The number of nitriles is 1. The highest BCUT2D eigenvalue weighted by Gasteiger charge is 2.18. The Hall–Kier alpha value is -2.00. The highest BCUT2D eigenvalue weighted by molar-refractivity contribution is 7.99. The molecule has 0 aliphatic carbocycles. The summed E-state index contributed by atoms with van der Waals surface area (Å²) >= 11 is 1.33. The number of amides is 1. The highest BCUT2D eigenvalue weighted by atomic mass is 32.2. The smallest absolute Gasteiger partial charge is 0.307 e. The van der Waals surface area contributed by atoms with Crippen LogP contribution in [0.1, 0.15) is 23.7 Å². The maximum atomic E-state index is 12.5. The van der Waals surface area contributed by atoms with Gasteiger partial charge in [0, 0.05) is 18.0 Å². The van der Waals surface area contributed by atoms with Gasteiger partial charge >= 0.3 is 5.97 Å². The van der Waals surface area contributed by atoms with Crippen molar-refractivity contribution in [2.45, 2.75) is 18.2 Å². The lowest BCUT2D eigenvalue weighted by Gasteiger charge is -2.21. The number of thioether (sulfide) groups is 1. The fraction of sp³-hybridized carbons (Fsp3) is 0.400. The maximum Gasteiger partial charge on any atom is 0.307 e. The standard InChI is InChI=1S/C15H18N2O3S/c1-3-17(10-8-14(18)20-2)15(19)12-6-4-5-7-13(12)21-11-9-16/h4-7H,3,8,10-11H2,1-2H3. The average Bonchev–Trinajstić information content (AvgIpc) is 2.53. The maximum absolute atomic E-state index is 12.5. The van der Waals surface area contributed by atoms with Crippen LogP contribution in [-0.4, -0.2) is 42.7 Å². The molecule has 0 atom stereocenters. The van der Waals surface area contributed by atoms with Gasteiger partial charge in [-0.05, 0) is 19.1 Å². The van der Waals surface area contributed by atoms with Crippen LogP contribution in [0.25, 0.3) is 0 Å². The molecule has 0 aliphatic rings. The fourth-order valence-corrected chi connectivity index (χ4v) is 2.49. The second kappa shape index (κ2) is 9.03. The van der Waals surface area contributed by atoms with Gasteiger partial charge in [0.05, 0.1) is 30.9 Å². The van der Waals surface area contributed by atoms with Crippen molar-refractivity contribution >= 4 is 23.6 Å². The summed E-state index contributed by atoms with van der Waals surface area (Å²) in [5.41, 5.74) is 0.560. The quantitative estimate of drug-likeness (QED) is 0.571. The van der Waals surface area contributed by atoms with Crippen molar-refractivity contribution < 1.29 is 14.3 Å². The third-order valence-electron chi connectivity index (χ3n) is 2.89. The summed E-state index contributed by atoms with van der Waals surface area (Å²) < 4.78 is 4.59. The van der Waals surface area contributed by atoms with Gasteiger partial charge in [-0.25, -0.2) is 0 Å². The van der Waals surface area contributed by atoms with E-state index in [0.29, 0.717) is 24.4 Å². The largest absolute Gasteiger partial charge is 0.469 e. The predicted octanol–water partition coefficient (Wildman–Crippen LogP) is 2.33. The molecule has 1 amide bonds. The zero-order valence-corrected chi connectivity index (χ0v) is 13.0. The van der Waals surface area contributed by atoms with Crippen molar-refractivity contribution in [3.63, 3.8) is 0 Å². The number of nitrogens with zero attached hydrogens (tertiary/aromatic N) is 2. The van der Waals surface area contributed by atoms with Crippen molar-refractivity contribution in [1.82, 2.24) is 4.90 Å². The van der Waals surface area contributed by atoms with E-state index in [1.807, 2.05) is 19.1 Å². The lowest BCUT2D eigenvalue weighted by Crippen LogP contribution is -2.33. The molecule has 0 unspecified atom stereocenters. The third-order valence-corrected chi connectivity index (χ3v) is 3.83. The van der Waals surface area contributed by atoms with E-state index < -0.39 is 0 Å². The van der Waals surface area contributed by atoms with E-state index in [1.54, 1.807) is 17.0 Å². The Kier molecular flexibility index (Phi) is 7.33. The summed E-state index contributed by atoms with van der Waals surface area (Å²) in [5, 5.41) is 8.67. The predicted molar refractivity (Wildman–Crippen MR) is 81.0 cm³/mol.